The number of ether oxygens (including phenoxy) is 14. The van der Waals surface area contributed by atoms with E-state index < -0.39 is 192 Å². The molecule has 0 aliphatic carbocycles. The Morgan fingerprint density at radius 2 is 0.919 bits per heavy atom. The number of pyridine rings is 2. The molecule has 770 valence electrons. The van der Waals surface area contributed by atoms with Gasteiger partial charge in [-0.05, 0) is 245 Å². The number of carbonyl (C=O) groups is 3. The molecule has 2 aromatic heterocycles. The number of aldehydes is 1. The SMILES string of the molecule is CC[C@H]1OC(=O)[C@H](C)[C@@H](O[C@H]2C[C@@](C)(OC)[C@@H](O)[C@H](C)O2)[C@H](C)[C@@H](O[C@@H]2O[C@H](C)C[C@H](N(C)C)[C@H]2OCCCN)[C@](C)(O)C[C@@H](C)CN(C)[C@H](C)[C@@H](O)[C@]1(C)O.CC[C@H]1OC(=O)[C@H](C)[C@@H](O[C@H]2C[C@@](C)(OC)[C@@H](O)[C@H](C)O2)[C@H](C)[C@@H](O[C@@H]2O[C@H](C)C[C@H](N(C)C)[C@H]2OCCCNCc2ccnc3ccccc23)[C@](C)(O)C[C@@H](C)CN(C)[C@H](C)[C@@H](O)[C@]1(C)O.O=Cc1ccnc2ccccc12. The number of aliphatic hydroxyl groups excluding tert-OH is 4. The van der Waals surface area contributed by atoms with Gasteiger partial charge in [-0.15, -0.1) is 0 Å². The largest absolute Gasteiger partial charge is 0.459 e. The number of aromatic nitrogens is 2. The third-order valence-electron chi connectivity index (χ3n) is 29.7. The molecule has 135 heavy (non-hydrogen) atoms. The van der Waals surface area contributed by atoms with Crippen LogP contribution in [-0.4, -0.2) is 365 Å². The Labute approximate surface area is 803 Å². The van der Waals surface area contributed by atoms with Gasteiger partial charge in [0.1, 0.15) is 60.0 Å². The number of benzene rings is 2. The minimum atomic E-state index is -1.81. The second kappa shape index (κ2) is 50.7. The van der Waals surface area contributed by atoms with Crippen LogP contribution in [0.1, 0.15) is 219 Å². The van der Waals surface area contributed by atoms with Gasteiger partial charge >= 0.3 is 11.9 Å². The summed E-state index contributed by atoms with van der Waals surface area (Å²) in [6.45, 7) is 39.5. The van der Waals surface area contributed by atoms with Crippen LogP contribution in [0.5, 0.6) is 0 Å². The van der Waals surface area contributed by atoms with Crippen LogP contribution >= 0.6 is 0 Å². The molecule has 0 unspecified atom stereocenters. The van der Waals surface area contributed by atoms with Crippen LogP contribution in [0.2, 0.25) is 0 Å². The summed E-state index contributed by atoms with van der Waals surface area (Å²) in [4.78, 5) is 56.2. The highest BCUT2D eigenvalue weighted by Crippen LogP contribution is 2.45. The number of esters is 2. The summed E-state index contributed by atoms with van der Waals surface area (Å²) in [5.74, 6) is -5.05. The van der Waals surface area contributed by atoms with E-state index in [2.05, 4.69) is 31.2 Å². The average molecular weight is 1910 g/mol. The molecule has 8 heterocycles. The van der Waals surface area contributed by atoms with E-state index in [1.54, 1.807) is 81.5 Å². The predicted molar refractivity (Wildman–Crippen MR) is 515 cm³/mol. The zero-order valence-electron chi connectivity index (χ0n) is 86.1. The Hall–Kier alpha value is -5.17. The van der Waals surface area contributed by atoms with Gasteiger partial charge in [0.2, 0.25) is 0 Å². The molecule has 6 saturated heterocycles. The first-order chi connectivity index (χ1) is 63.3. The lowest BCUT2D eigenvalue weighted by Gasteiger charge is -2.49. The van der Waals surface area contributed by atoms with Crippen LogP contribution in [-0.2, 0) is 82.4 Å². The maximum absolute atomic E-state index is 14.5. The number of likely N-dealkylation sites (N-methyl/N-ethyl adjacent to an activating group) is 4. The van der Waals surface area contributed by atoms with E-state index in [9.17, 15) is 55.2 Å². The van der Waals surface area contributed by atoms with Crippen molar-refractivity contribution in [3.63, 3.8) is 0 Å². The van der Waals surface area contributed by atoms with E-state index in [4.69, 9.17) is 72.0 Å². The lowest BCUT2D eigenvalue weighted by molar-refractivity contribution is -0.321. The third kappa shape index (κ3) is 29.1. The number of nitrogens with two attached hydrogens (primary N) is 1. The molecule has 4 aromatic rings. The summed E-state index contributed by atoms with van der Waals surface area (Å²) < 4.78 is 90.7. The van der Waals surface area contributed by atoms with Crippen LogP contribution in [0, 0.1) is 35.5 Å². The number of hydrogen-bond acceptors (Lipinski definition) is 33. The van der Waals surface area contributed by atoms with Crippen molar-refractivity contribution in [2.45, 2.75) is 390 Å². The molecule has 11 N–H and O–H groups in total. The van der Waals surface area contributed by atoms with Crippen molar-refractivity contribution in [3.8, 4) is 0 Å². The van der Waals surface area contributed by atoms with Gasteiger partial charge in [-0.3, -0.25) is 24.4 Å². The fourth-order valence-corrected chi connectivity index (χ4v) is 21.3. The van der Waals surface area contributed by atoms with E-state index in [1.807, 2.05) is 162 Å². The van der Waals surface area contributed by atoms with Crippen molar-refractivity contribution < 1.29 is 122 Å². The molecule has 0 radical (unpaired) electrons. The number of carbonyl (C=O) groups excluding carboxylic acids is 3. The normalized spacial score (nSPS) is 40.8. The molecule has 6 aliphatic rings. The highest BCUT2D eigenvalue weighted by atomic mass is 16.7. The molecular weight excluding hydrogens is 1740 g/mol. The fraction of sp³-hybridized carbons (Fsp3) is 0.794. The van der Waals surface area contributed by atoms with Crippen LogP contribution in [0.15, 0.2) is 73.1 Å². The second-order valence-corrected chi connectivity index (χ2v) is 41.7. The first-order valence-electron chi connectivity index (χ1n) is 49.2. The first kappa shape index (κ1) is 115. The first-order valence-corrected chi connectivity index (χ1v) is 49.2. The van der Waals surface area contributed by atoms with Crippen molar-refractivity contribution in [1.29, 1.82) is 0 Å². The summed E-state index contributed by atoms with van der Waals surface area (Å²) in [6.07, 6.45) is -8.78. The predicted octanol–water partition coefficient (Wildman–Crippen LogP) is 8.97. The molecule has 6 fully saturated rings. The Balaban J connectivity index is 0.000000297. The molecule has 6 aliphatic heterocycles. The van der Waals surface area contributed by atoms with Crippen LogP contribution < -0.4 is 11.1 Å². The quantitative estimate of drug-likeness (QED) is 0.0159. The molecule has 33 nitrogen and oxygen atoms in total. The molecule has 0 amide bonds. The summed E-state index contributed by atoms with van der Waals surface area (Å²) in [5, 5.41) is 100. The van der Waals surface area contributed by atoms with Crippen molar-refractivity contribution in [1.82, 2.24) is 34.9 Å². The van der Waals surface area contributed by atoms with E-state index in [0.717, 1.165) is 28.1 Å². The highest BCUT2D eigenvalue weighted by molar-refractivity contribution is 5.96. The molecule has 36 atom stereocenters. The van der Waals surface area contributed by atoms with Crippen LogP contribution in [0.4, 0.5) is 0 Å². The Morgan fingerprint density at radius 3 is 1.31 bits per heavy atom. The summed E-state index contributed by atoms with van der Waals surface area (Å²) in [5.41, 5.74) is 0.806. The molecule has 2 aromatic carbocycles. The number of aliphatic hydroxyl groups is 8. The summed E-state index contributed by atoms with van der Waals surface area (Å²) in [6, 6.07) is 18.2. The zero-order valence-corrected chi connectivity index (χ0v) is 86.1. The molecule has 0 saturated carbocycles. The number of cyclic esters (lactones) is 2. The fourth-order valence-electron chi connectivity index (χ4n) is 21.3. The van der Waals surface area contributed by atoms with Gasteiger partial charge in [0.25, 0.3) is 0 Å². The number of para-hydroxylation sites is 2. The third-order valence-corrected chi connectivity index (χ3v) is 29.7. The van der Waals surface area contributed by atoms with Gasteiger partial charge in [0, 0.05) is 125 Å². The standard InChI is InChI=1S/C51H86N4O12.C41H79N3O12.C10H7NO/c1-15-40-51(10,60)44(56)34(6)55(13)29-30(2)26-49(8,59)46(32(4)42(33(5)47(58)65-40)66-41-27-50(9,61-14)45(57)35(7)64-41)67-48-43(39(54(11)12)25-31(3)63-48)62-24-18-22-52-28-36-21-23-53-38-20-17-16-19-37(36)38;1-15-30-41(10,49)34(45)27(6)44(13)22-23(2)20-39(8,48)36(56-38-33(51-18-16-17-42)29(43(11)12)19-24(3)52-38)25(4)32(26(5)37(47)54-30)55-31-21-40(9,50-14)35(46)28(7)53-31;12-7-8-5-6-11-10-4-2-1-3-9(8)10/h16-17,19-21,23,30-35,39-46,48,52,56-57,59-60H,15,18,22,24-29H2,1-14H3;23-36,38,45-46,48-49H,15-22,42H2,1-14H3;1-7H/t30-,31-,32+,33-,34-,35+,39+,40-,41+,42+,43-,44-,45+,46-,48+,49-,50-,51-;23-,24-,25+,26-,27-,28+,29+,30-,31+,32+,33-,34-,35+,36-,38+,39-,40-,41-;/m11./s1. The number of nitrogens with one attached hydrogen (secondary N) is 1. The van der Waals surface area contributed by atoms with Gasteiger partial charge in [-0.25, -0.2) is 0 Å². The molecule has 0 spiro atoms. The topological polar surface area (TPSA) is 419 Å². The number of methoxy groups -OCH3 is 2. The van der Waals surface area contributed by atoms with Crippen LogP contribution in [0.25, 0.3) is 21.8 Å². The lowest BCUT2D eigenvalue weighted by Crippen LogP contribution is -2.61. The van der Waals surface area contributed by atoms with Gasteiger partial charge < -0.3 is 138 Å². The number of nitrogens with zero attached hydrogens (tertiary/aromatic N) is 6. The van der Waals surface area contributed by atoms with Gasteiger partial charge in [0.15, 0.2) is 31.4 Å². The number of fused-ring (bicyclic) bond motifs is 2. The van der Waals surface area contributed by atoms with Crippen molar-refractivity contribution in [3.05, 3.63) is 84.2 Å². The maximum atomic E-state index is 14.5. The number of rotatable bonds is 26. The molecule has 10 rings (SSSR count). The van der Waals surface area contributed by atoms with Crippen molar-refractivity contribution in [2.24, 2.45) is 41.2 Å². The smallest absolute Gasteiger partial charge is 0.311 e. The minimum absolute atomic E-state index is 0.0699. The molecular formula is C102H172N8O25. The maximum Gasteiger partial charge on any atom is 0.311 e. The van der Waals surface area contributed by atoms with E-state index >= 15 is 0 Å². The number of hydrogen-bond donors (Lipinski definition) is 10. The van der Waals surface area contributed by atoms with E-state index in [1.165, 1.54) is 33.6 Å². The van der Waals surface area contributed by atoms with E-state index in [-0.39, 0.29) is 74.7 Å². The summed E-state index contributed by atoms with van der Waals surface area (Å²) in [7, 11) is 14.8. The second-order valence-electron chi connectivity index (χ2n) is 41.7. The van der Waals surface area contributed by atoms with Crippen molar-refractivity contribution in [2.75, 3.05) is 95.9 Å². The molecule has 33 heteroatoms. The zero-order chi connectivity index (χ0) is 100. The Kier molecular flexibility index (Phi) is 43.2. The Morgan fingerprint density at radius 1 is 0.526 bits per heavy atom. The van der Waals surface area contributed by atoms with E-state index in [0.29, 0.717) is 77.2 Å². The van der Waals surface area contributed by atoms with Gasteiger partial charge in [0.05, 0.1) is 94.1 Å². The minimum Gasteiger partial charge on any atom is -0.459 e. The van der Waals surface area contributed by atoms with Gasteiger partial charge in [-0.2, -0.15) is 0 Å². The summed E-state index contributed by atoms with van der Waals surface area (Å²) >= 11 is 0. The highest BCUT2D eigenvalue weighted by Gasteiger charge is 2.57. The van der Waals surface area contributed by atoms with Crippen molar-refractivity contribution >= 4 is 40.0 Å². The monoisotopic (exact) mass is 1910 g/mol. The lowest BCUT2D eigenvalue weighted by atomic mass is 9.77. The molecule has 0 bridgehead atoms. The Bertz CT molecular complexity index is 4240. The average Bonchev–Trinajstić information content (AvgIpc) is 1.77. The van der Waals surface area contributed by atoms with Crippen LogP contribution in [0.3, 0.4) is 0 Å². The van der Waals surface area contributed by atoms with Gasteiger partial charge in [-0.1, -0.05) is 77.9 Å².